The molecule has 0 saturated carbocycles. The van der Waals surface area contributed by atoms with Crippen molar-refractivity contribution in [2.24, 2.45) is 0 Å². The molecule has 0 radical (unpaired) electrons. The molecule has 0 aromatic heterocycles. The van der Waals surface area contributed by atoms with Crippen LogP contribution >= 0.6 is 0 Å². The van der Waals surface area contributed by atoms with E-state index in [1.165, 1.54) is 0 Å². The number of ether oxygens (including phenoxy) is 1. The molecule has 1 aromatic rings. The molecule has 0 bridgehead atoms. The molecule has 0 aliphatic rings. The fourth-order valence-corrected chi connectivity index (χ4v) is 1.17. The second-order valence-corrected chi connectivity index (χ2v) is 2.87. The lowest BCUT2D eigenvalue weighted by atomic mass is 10.1. The van der Waals surface area contributed by atoms with E-state index in [4.69, 9.17) is 15.7 Å². The number of aryl methyl sites for hydroxylation is 1. The van der Waals surface area contributed by atoms with Crippen molar-refractivity contribution in [1.29, 1.82) is 5.26 Å². The monoisotopic (exact) mass is 176 g/mol. The van der Waals surface area contributed by atoms with Gasteiger partial charge in [0, 0.05) is 11.3 Å². The first-order valence-corrected chi connectivity index (χ1v) is 4.02. The van der Waals surface area contributed by atoms with Crippen LogP contribution in [0, 0.1) is 25.2 Å². The normalized spacial score (nSPS) is 9.31. The van der Waals surface area contributed by atoms with Gasteiger partial charge in [-0.05, 0) is 25.5 Å². The van der Waals surface area contributed by atoms with Crippen LogP contribution in [0.4, 0.5) is 5.69 Å². The molecule has 0 heterocycles. The summed E-state index contributed by atoms with van der Waals surface area (Å²) in [6.07, 6.45) is 0. The molecule has 0 aliphatic carbocycles. The van der Waals surface area contributed by atoms with Crippen LogP contribution in [0.15, 0.2) is 12.1 Å². The highest BCUT2D eigenvalue weighted by atomic mass is 16.5. The van der Waals surface area contributed by atoms with E-state index in [9.17, 15) is 0 Å². The first kappa shape index (κ1) is 9.40. The zero-order valence-corrected chi connectivity index (χ0v) is 7.79. The second-order valence-electron chi connectivity index (χ2n) is 2.87. The molecule has 0 unspecified atom stereocenters. The lowest BCUT2D eigenvalue weighted by Crippen LogP contribution is -2.00. The number of nitriles is 1. The zero-order valence-electron chi connectivity index (χ0n) is 7.79. The Hall–Kier alpha value is -1.69. The number of nitrogen functional groups attached to an aromatic ring is 1. The van der Waals surface area contributed by atoms with Crippen molar-refractivity contribution >= 4 is 5.69 Å². The first-order valence-electron chi connectivity index (χ1n) is 4.02. The molecule has 3 heteroatoms. The largest absolute Gasteiger partial charge is 0.478 e. The minimum Gasteiger partial charge on any atom is -0.478 e. The third-order valence-electron chi connectivity index (χ3n) is 1.93. The third-order valence-corrected chi connectivity index (χ3v) is 1.93. The van der Waals surface area contributed by atoms with Crippen LogP contribution in [-0.2, 0) is 0 Å². The molecule has 0 fully saturated rings. The van der Waals surface area contributed by atoms with E-state index in [1.54, 1.807) is 0 Å². The standard InChI is InChI=1S/C10H12N2O/c1-7-3-4-9(12)8(2)10(7)13-6-5-11/h3-4H,6,12H2,1-2H3. The molecule has 1 aromatic carbocycles. The van der Waals surface area contributed by atoms with E-state index >= 15 is 0 Å². The number of nitrogens with zero attached hydrogens (tertiary/aromatic N) is 1. The molecule has 0 atom stereocenters. The summed E-state index contributed by atoms with van der Waals surface area (Å²) in [5.41, 5.74) is 8.29. The average Bonchev–Trinajstić information content (AvgIpc) is 2.12. The summed E-state index contributed by atoms with van der Waals surface area (Å²) in [6.45, 7) is 3.87. The topological polar surface area (TPSA) is 59.0 Å². The van der Waals surface area contributed by atoms with Gasteiger partial charge in [-0.25, -0.2) is 0 Å². The smallest absolute Gasteiger partial charge is 0.174 e. The maximum Gasteiger partial charge on any atom is 0.174 e. The van der Waals surface area contributed by atoms with Gasteiger partial charge in [0.1, 0.15) is 11.8 Å². The Labute approximate surface area is 77.7 Å². The third kappa shape index (κ3) is 1.91. The average molecular weight is 176 g/mol. The zero-order chi connectivity index (χ0) is 9.84. The second kappa shape index (κ2) is 3.81. The molecule has 1 rings (SSSR count). The molecular weight excluding hydrogens is 164 g/mol. The summed E-state index contributed by atoms with van der Waals surface area (Å²) in [4.78, 5) is 0. The summed E-state index contributed by atoms with van der Waals surface area (Å²) >= 11 is 0. The van der Waals surface area contributed by atoms with Crippen LogP contribution in [0.2, 0.25) is 0 Å². The van der Waals surface area contributed by atoms with Gasteiger partial charge in [-0.15, -0.1) is 0 Å². The number of hydrogen-bond donors (Lipinski definition) is 1. The van der Waals surface area contributed by atoms with Crippen LogP contribution in [0.5, 0.6) is 5.75 Å². The van der Waals surface area contributed by atoms with Crippen LogP contribution in [0.25, 0.3) is 0 Å². The van der Waals surface area contributed by atoms with Gasteiger partial charge in [0.2, 0.25) is 0 Å². The quantitative estimate of drug-likeness (QED) is 0.699. The van der Waals surface area contributed by atoms with Crippen LogP contribution in [-0.4, -0.2) is 6.61 Å². The van der Waals surface area contributed by atoms with Crippen LogP contribution < -0.4 is 10.5 Å². The van der Waals surface area contributed by atoms with E-state index in [1.807, 2.05) is 32.0 Å². The number of benzene rings is 1. The number of nitrogens with two attached hydrogens (primary N) is 1. The van der Waals surface area contributed by atoms with Crippen LogP contribution in [0.1, 0.15) is 11.1 Å². The van der Waals surface area contributed by atoms with E-state index < -0.39 is 0 Å². The summed E-state index contributed by atoms with van der Waals surface area (Å²) in [5.74, 6) is 0.724. The van der Waals surface area contributed by atoms with Crippen molar-refractivity contribution in [3.8, 4) is 11.8 Å². The highest BCUT2D eigenvalue weighted by molar-refractivity contribution is 5.56. The Bertz CT molecular complexity index is 353. The van der Waals surface area contributed by atoms with Gasteiger partial charge in [0.05, 0.1) is 0 Å². The fraction of sp³-hybridized carbons (Fsp3) is 0.300. The van der Waals surface area contributed by atoms with E-state index in [0.717, 1.165) is 16.9 Å². The lowest BCUT2D eigenvalue weighted by Gasteiger charge is -2.10. The van der Waals surface area contributed by atoms with Gasteiger partial charge >= 0.3 is 0 Å². The minimum atomic E-state index is 0.0606. The van der Waals surface area contributed by atoms with Gasteiger partial charge in [-0.1, -0.05) is 6.07 Å². The fourth-order valence-electron chi connectivity index (χ4n) is 1.17. The molecule has 2 N–H and O–H groups in total. The van der Waals surface area contributed by atoms with Crippen molar-refractivity contribution in [2.75, 3.05) is 12.3 Å². The minimum absolute atomic E-state index is 0.0606. The Kier molecular flexibility index (Phi) is 2.76. The Morgan fingerprint density at radius 1 is 1.46 bits per heavy atom. The first-order chi connectivity index (χ1) is 6.16. The molecule has 13 heavy (non-hydrogen) atoms. The summed E-state index contributed by atoms with van der Waals surface area (Å²) in [6, 6.07) is 5.65. The summed E-state index contributed by atoms with van der Waals surface area (Å²) in [5, 5.41) is 8.37. The van der Waals surface area contributed by atoms with E-state index in [2.05, 4.69) is 0 Å². The van der Waals surface area contributed by atoms with Gasteiger partial charge < -0.3 is 10.5 Å². The van der Waals surface area contributed by atoms with E-state index in [-0.39, 0.29) is 6.61 Å². The highest BCUT2D eigenvalue weighted by Crippen LogP contribution is 2.27. The van der Waals surface area contributed by atoms with Crippen molar-refractivity contribution in [3.63, 3.8) is 0 Å². The number of rotatable bonds is 2. The van der Waals surface area contributed by atoms with Crippen molar-refractivity contribution in [2.45, 2.75) is 13.8 Å². The SMILES string of the molecule is Cc1ccc(N)c(C)c1OCC#N. The maximum absolute atomic E-state index is 8.37. The van der Waals surface area contributed by atoms with Gasteiger partial charge in [0.25, 0.3) is 0 Å². The predicted octanol–water partition coefficient (Wildman–Crippen LogP) is 1.79. The summed E-state index contributed by atoms with van der Waals surface area (Å²) in [7, 11) is 0. The molecule has 0 aliphatic heterocycles. The predicted molar refractivity (Wildman–Crippen MR) is 51.4 cm³/mol. The van der Waals surface area contributed by atoms with Crippen molar-refractivity contribution in [1.82, 2.24) is 0 Å². The Balaban J connectivity index is 3.04. The van der Waals surface area contributed by atoms with Gasteiger partial charge in [-0.2, -0.15) is 5.26 Å². The number of anilines is 1. The van der Waals surface area contributed by atoms with Crippen LogP contribution in [0.3, 0.4) is 0 Å². The highest BCUT2D eigenvalue weighted by Gasteiger charge is 2.05. The maximum atomic E-state index is 8.37. The summed E-state index contributed by atoms with van der Waals surface area (Å²) < 4.78 is 5.26. The van der Waals surface area contributed by atoms with Gasteiger partial charge in [-0.3, -0.25) is 0 Å². The molecule has 0 saturated heterocycles. The van der Waals surface area contributed by atoms with Crippen molar-refractivity contribution < 1.29 is 4.74 Å². The molecule has 68 valence electrons. The lowest BCUT2D eigenvalue weighted by molar-refractivity contribution is 0.363. The molecular formula is C10H12N2O. The Morgan fingerprint density at radius 2 is 2.15 bits per heavy atom. The molecule has 3 nitrogen and oxygen atoms in total. The molecule has 0 spiro atoms. The van der Waals surface area contributed by atoms with Gasteiger partial charge in [0.15, 0.2) is 6.61 Å². The van der Waals surface area contributed by atoms with Crippen molar-refractivity contribution in [3.05, 3.63) is 23.3 Å². The van der Waals surface area contributed by atoms with E-state index in [0.29, 0.717) is 5.69 Å². The Morgan fingerprint density at radius 3 is 2.77 bits per heavy atom. The molecule has 0 amide bonds. The number of hydrogen-bond acceptors (Lipinski definition) is 3.